The predicted octanol–water partition coefficient (Wildman–Crippen LogP) is 2.06. The van der Waals surface area contributed by atoms with Crippen LogP contribution in [0.4, 0.5) is 30.7 Å². The van der Waals surface area contributed by atoms with Crippen LogP contribution in [0.3, 0.4) is 0 Å². The number of hydrogen-bond donors (Lipinski definition) is 1. The molecule has 0 aliphatic heterocycles. The second kappa shape index (κ2) is 3.69. The molecule has 0 saturated carbocycles. The van der Waals surface area contributed by atoms with Crippen LogP contribution in [0.25, 0.3) is 0 Å². The maximum absolute atomic E-state index is 11.6. The molecule has 8 heteroatoms. The highest BCUT2D eigenvalue weighted by Gasteiger charge is 2.60. The van der Waals surface area contributed by atoms with Gasteiger partial charge in [0.25, 0.3) is 0 Å². The van der Waals surface area contributed by atoms with Gasteiger partial charge in [0.05, 0.1) is 0 Å². The van der Waals surface area contributed by atoms with Gasteiger partial charge in [0.2, 0.25) is 0 Å². The number of hydrogen-bond acceptors (Lipinski definition) is 1. The average Bonchev–Trinajstić information content (AvgIpc) is 1.80. The minimum absolute atomic E-state index is 2.09. The van der Waals surface area contributed by atoms with Gasteiger partial charge in [0, 0.05) is 0 Å². The van der Waals surface area contributed by atoms with Gasteiger partial charge in [0.15, 0.2) is 5.92 Å². The zero-order valence-corrected chi connectivity index (χ0v) is 5.95. The molecule has 0 aliphatic carbocycles. The van der Waals surface area contributed by atoms with Crippen LogP contribution in [-0.4, -0.2) is 30.2 Å². The van der Waals surface area contributed by atoms with Crippen LogP contribution in [0.1, 0.15) is 0 Å². The molecular weight excluding hydrogens is 209 g/mol. The van der Waals surface area contributed by atoms with Crippen molar-refractivity contribution < 1.29 is 35.8 Å². The van der Waals surface area contributed by atoms with E-state index in [0.29, 0.717) is 0 Å². The van der Waals surface area contributed by atoms with Crippen molar-refractivity contribution in [3.8, 4) is 0 Å². The number of alkyl halides is 7. The van der Waals surface area contributed by atoms with Crippen molar-refractivity contribution in [2.24, 2.45) is 5.92 Å². The highest BCUT2D eigenvalue weighted by Crippen LogP contribution is 2.41. The average molecular weight is 214 g/mol. The molecule has 0 aromatic heterocycles. The fourth-order valence-corrected chi connectivity index (χ4v) is 0.711. The summed E-state index contributed by atoms with van der Waals surface area (Å²) in [5.74, 6) is -4.02. The van der Waals surface area contributed by atoms with E-state index in [1.807, 2.05) is 0 Å². The molecule has 0 aliphatic rings. The van der Waals surface area contributed by atoms with Crippen molar-refractivity contribution in [3.05, 3.63) is 0 Å². The fourth-order valence-electron chi connectivity index (χ4n) is 0.711. The lowest BCUT2D eigenvalue weighted by molar-refractivity contribution is -0.307. The first kappa shape index (κ1) is 12.5. The lowest BCUT2D eigenvalue weighted by Crippen LogP contribution is -2.45. The van der Waals surface area contributed by atoms with E-state index in [9.17, 15) is 30.7 Å². The van der Waals surface area contributed by atoms with Crippen LogP contribution in [0.2, 0.25) is 0 Å². The number of rotatable bonds is 2. The smallest absolute Gasteiger partial charge is 0.389 e. The summed E-state index contributed by atoms with van der Waals surface area (Å²) in [7, 11) is 0. The Hall–Kier alpha value is -0.530. The molecule has 0 fully saturated rings. The topological polar surface area (TPSA) is 20.2 Å². The van der Waals surface area contributed by atoms with Gasteiger partial charge in [0.1, 0.15) is 12.8 Å². The van der Waals surface area contributed by atoms with Crippen LogP contribution >= 0.6 is 0 Å². The fraction of sp³-hybridized carbons (Fsp3) is 1.00. The Kier molecular flexibility index (Phi) is 3.54. The molecule has 13 heavy (non-hydrogen) atoms. The highest BCUT2D eigenvalue weighted by molar-refractivity contribution is 4.81. The molecule has 1 N–H and O–H groups in total. The zero-order valence-electron chi connectivity index (χ0n) is 5.95. The molecule has 0 bridgehead atoms. The van der Waals surface area contributed by atoms with E-state index < -0.39 is 31.0 Å². The van der Waals surface area contributed by atoms with Crippen LogP contribution in [-0.2, 0) is 0 Å². The summed E-state index contributed by atoms with van der Waals surface area (Å²) >= 11 is 0. The number of aliphatic hydroxyl groups excluding tert-OH is 1. The van der Waals surface area contributed by atoms with E-state index in [-0.39, 0.29) is 0 Å². The van der Waals surface area contributed by atoms with E-state index in [1.165, 1.54) is 0 Å². The first-order valence-electron chi connectivity index (χ1n) is 2.98. The van der Waals surface area contributed by atoms with E-state index >= 15 is 0 Å². The summed E-state index contributed by atoms with van der Waals surface area (Å²) in [6, 6.07) is 0. The maximum atomic E-state index is 11.6. The van der Waals surface area contributed by atoms with Crippen LogP contribution in [0.5, 0.6) is 0 Å². The molecular formula is C5H5F7O. The van der Waals surface area contributed by atoms with E-state index in [4.69, 9.17) is 5.11 Å². The molecule has 80 valence electrons. The maximum Gasteiger partial charge on any atom is 0.403 e. The Morgan fingerprint density at radius 2 is 1.23 bits per heavy atom. The second-order valence-electron chi connectivity index (χ2n) is 2.28. The molecule has 0 aromatic carbocycles. The largest absolute Gasteiger partial charge is 0.403 e. The molecule has 1 atom stereocenters. The summed E-state index contributed by atoms with van der Waals surface area (Å²) in [5.41, 5.74) is 0. The van der Waals surface area contributed by atoms with Crippen molar-refractivity contribution in [3.63, 3.8) is 0 Å². The normalized spacial score (nSPS) is 16.4. The van der Waals surface area contributed by atoms with E-state index in [0.717, 1.165) is 0 Å². The Balaban J connectivity index is 4.78. The van der Waals surface area contributed by atoms with Crippen LogP contribution in [0.15, 0.2) is 0 Å². The first-order valence-corrected chi connectivity index (χ1v) is 2.98. The first-order chi connectivity index (χ1) is 5.60. The summed E-state index contributed by atoms with van der Waals surface area (Å²) in [5, 5.41) is 8.17. The van der Waals surface area contributed by atoms with Gasteiger partial charge >= 0.3 is 12.4 Å². The zero-order chi connectivity index (χ0) is 10.9. The summed E-state index contributed by atoms with van der Waals surface area (Å²) in [6.07, 6.45) is -14.5. The van der Waals surface area contributed by atoms with Gasteiger partial charge in [-0.25, -0.2) is 4.39 Å². The summed E-state index contributed by atoms with van der Waals surface area (Å²) in [4.78, 5) is 0. The third kappa shape index (κ3) is 3.37. The molecule has 1 unspecified atom stereocenters. The van der Waals surface area contributed by atoms with Crippen molar-refractivity contribution in [1.82, 2.24) is 0 Å². The predicted molar refractivity (Wildman–Crippen MR) is 27.6 cm³/mol. The minimum Gasteiger partial charge on any atom is -0.389 e. The molecule has 0 heterocycles. The van der Waals surface area contributed by atoms with Gasteiger partial charge < -0.3 is 5.11 Å². The van der Waals surface area contributed by atoms with Crippen LogP contribution in [0, 0.1) is 5.92 Å². The molecule has 0 radical (unpaired) electrons. The Morgan fingerprint density at radius 1 is 0.923 bits per heavy atom. The lowest BCUT2D eigenvalue weighted by Gasteiger charge is -2.25. The molecule has 0 saturated heterocycles. The molecule has 0 spiro atoms. The van der Waals surface area contributed by atoms with Crippen molar-refractivity contribution in [2.75, 3.05) is 6.67 Å². The van der Waals surface area contributed by atoms with Crippen molar-refractivity contribution in [2.45, 2.75) is 18.5 Å². The van der Waals surface area contributed by atoms with E-state index in [2.05, 4.69) is 0 Å². The van der Waals surface area contributed by atoms with Gasteiger partial charge in [-0.15, -0.1) is 0 Å². The standard InChI is InChI=1S/C5H5F7O/c6-1-2(13)3(4(7,8)9)5(10,11)12/h2-3,13H,1H2. The second-order valence-corrected chi connectivity index (χ2v) is 2.28. The molecule has 0 rings (SSSR count). The quantitative estimate of drug-likeness (QED) is 0.697. The Bertz CT molecular complexity index is 145. The summed E-state index contributed by atoms with van der Waals surface area (Å²) < 4.78 is 81.1. The van der Waals surface area contributed by atoms with Gasteiger partial charge in [-0.05, 0) is 0 Å². The van der Waals surface area contributed by atoms with Crippen LogP contribution < -0.4 is 0 Å². The summed E-state index contributed by atoms with van der Waals surface area (Å²) in [6.45, 7) is -2.09. The van der Waals surface area contributed by atoms with Gasteiger partial charge in [-0.2, -0.15) is 26.3 Å². The highest BCUT2D eigenvalue weighted by atomic mass is 19.4. The third-order valence-electron chi connectivity index (χ3n) is 1.25. The lowest BCUT2D eigenvalue weighted by atomic mass is 10.0. The van der Waals surface area contributed by atoms with Gasteiger partial charge in [-0.1, -0.05) is 0 Å². The number of aliphatic hydroxyl groups is 1. The monoisotopic (exact) mass is 214 g/mol. The Morgan fingerprint density at radius 3 is 1.31 bits per heavy atom. The Labute approximate surface area is 68.2 Å². The van der Waals surface area contributed by atoms with E-state index in [1.54, 1.807) is 0 Å². The van der Waals surface area contributed by atoms with Gasteiger partial charge in [-0.3, -0.25) is 0 Å². The number of halogens is 7. The molecule has 1 nitrogen and oxygen atoms in total. The van der Waals surface area contributed by atoms with Crippen molar-refractivity contribution >= 4 is 0 Å². The third-order valence-corrected chi connectivity index (χ3v) is 1.25. The minimum atomic E-state index is -5.69. The molecule has 0 aromatic rings. The SMILES string of the molecule is OC(CF)C(C(F)(F)F)C(F)(F)F. The molecule has 0 amide bonds. The van der Waals surface area contributed by atoms with Crippen molar-refractivity contribution in [1.29, 1.82) is 0 Å².